The number of thioether (sulfide) groups is 1. The third-order valence-electron chi connectivity index (χ3n) is 2.82. The molecule has 2 aromatic carbocycles. The Morgan fingerprint density at radius 1 is 1.04 bits per heavy atom. The topological polar surface area (TPSA) is 64.6 Å². The zero-order valence-corrected chi connectivity index (χ0v) is 13.7. The summed E-state index contributed by atoms with van der Waals surface area (Å²) in [6.07, 6.45) is 0. The monoisotopic (exact) mass is 331 g/mol. The van der Waals surface area contributed by atoms with Crippen LogP contribution < -0.4 is 14.8 Å². The molecule has 0 aliphatic rings. The summed E-state index contributed by atoms with van der Waals surface area (Å²) in [7, 11) is 1.53. The van der Waals surface area contributed by atoms with E-state index in [9.17, 15) is 9.59 Å². The molecule has 0 unspecified atom stereocenters. The lowest BCUT2D eigenvalue weighted by molar-refractivity contribution is -0.131. The molecule has 0 saturated carbocycles. The van der Waals surface area contributed by atoms with Crippen LogP contribution in [0.5, 0.6) is 11.5 Å². The van der Waals surface area contributed by atoms with E-state index in [-0.39, 0.29) is 17.6 Å². The van der Waals surface area contributed by atoms with Gasteiger partial charge in [0.05, 0.1) is 12.9 Å². The first kappa shape index (κ1) is 16.9. The molecular formula is C17H17NO4S. The number of carbonyl (C=O) groups is 2. The van der Waals surface area contributed by atoms with Gasteiger partial charge in [0.2, 0.25) is 5.91 Å². The Hall–Kier alpha value is -2.47. The molecule has 120 valence electrons. The number of carbonyl (C=O) groups excluding carboxylic acids is 2. The van der Waals surface area contributed by atoms with Crippen molar-refractivity contribution in [2.45, 2.75) is 11.8 Å². The number of rotatable bonds is 6. The molecular weight excluding hydrogens is 314 g/mol. The average Bonchev–Trinajstić information content (AvgIpc) is 2.54. The summed E-state index contributed by atoms with van der Waals surface area (Å²) in [6.45, 7) is 1.45. The predicted molar refractivity (Wildman–Crippen MR) is 90.1 cm³/mol. The van der Waals surface area contributed by atoms with Crippen LogP contribution in [0.25, 0.3) is 0 Å². The third kappa shape index (κ3) is 5.34. The van der Waals surface area contributed by atoms with Gasteiger partial charge in [0.1, 0.15) is 0 Å². The molecule has 23 heavy (non-hydrogen) atoms. The summed E-state index contributed by atoms with van der Waals surface area (Å²) in [5.74, 6) is 0.626. The van der Waals surface area contributed by atoms with Gasteiger partial charge in [0.15, 0.2) is 11.5 Å². The number of anilines is 1. The molecule has 0 aromatic heterocycles. The molecule has 2 aromatic rings. The molecule has 1 amide bonds. The van der Waals surface area contributed by atoms with Crippen molar-refractivity contribution in [1.82, 2.24) is 0 Å². The number of esters is 1. The van der Waals surface area contributed by atoms with Crippen molar-refractivity contribution in [1.29, 1.82) is 0 Å². The minimum Gasteiger partial charge on any atom is -0.493 e. The van der Waals surface area contributed by atoms with Crippen molar-refractivity contribution in [3.05, 3.63) is 48.5 Å². The molecule has 0 aliphatic heterocycles. The molecule has 0 saturated heterocycles. The van der Waals surface area contributed by atoms with E-state index in [0.29, 0.717) is 11.5 Å². The van der Waals surface area contributed by atoms with Gasteiger partial charge >= 0.3 is 5.97 Å². The van der Waals surface area contributed by atoms with Gasteiger partial charge in [-0.25, -0.2) is 0 Å². The van der Waals surface area contributed by atoms with Gasteiger partial charge in [-0.05, 0) is 36.4 Å². The average molecular weight is 331 g/mol. The lowest BCUT2D eigenvalue weighted by Gasteiger charge is -2.08. The summed E-state index contributed by atoms with van der Waals surface area (Å²) in [5, 5.41) is 2.69. The second-order valence-electron chi connectivity index (χ2n) is 4.62. The fourth-order valence-electron chi connectivity index (χ4n) is 1.84. The fourth-order valence-corrected chi connectivity index (χ4v) is 2.51. The van der Waals surface area contributed by atoms with Crippen LogP contribution in [0.2, 0.25) is 0 Å². The van der Waals surface area contributed by atoms with Crippen LogP contribution in [0.3, 0.4) is 0 Å². The first-order valence-corrected chi connectivity index (χ1v) is 7.91. The first-order valence-electron chi connectivity index (χ1n) is 6.92. The Balaban J connectivity index is 1.88. The maximum atomic E-state index is 11.9. The van der Waals surface area contributed by atoms with Crippen LogP contribution in [-0.2, 0) is 9.59 Å². The number of methoxy groups -OCH3 is 1. The van der Waals surface area contributed by atoms with Gasteiger partial charge in [-0.15, -0.1) is 11.8 Å². The lowest BCUT2D eigenvalue weighted by Crippen LogP contribution is -2.11. The van der Waals surface area contributed by atoms with Crippen LogP contribution in [-0.4, -0.2) is 24.7 Å². The molecule has 0 bridgehead atoms. The molecule has 2 rings (SSSR count). The zero-order chi connectivity index (χ0) is 16.7. The molecule has 6 heteroatoms. The molecule has 0 atom stereocenters. The predicted octanol–water partition coefficient (Wildman–Crippen LogP) is 3.35. The SMILES string of the molecule is COc1ccccc1OC(=O)CSc1ccc(NC(C)=O)cc1. The Labute approximate surface area is 139 Å². The maximum absolute atomic E-state index is 11.9. The Morgan fingerprint density at radius 2 is 1.70 bits per heavy atom. The number of para-hydroxylation sites is 2. The van der Waals surface area contributed by atoms with Crippen LogP contribution >= 0.6 is 11.8 Å². The summed E-state index contributed by atoms with van der Waals surface area (Å²) in [5.41, 5.74) is 0.721. The Bertz CT molecular complexity index is 685. The molecule has 0 fully saturated rings. The highest BCUT2D eigenvalue weighted by Crippen LogP contribution is 2.27. The number of hydrogen-bond acceptors (Lipinski definition) is 5. The number of nitrogens with one attached hydrogen (secondary N) is 1. The highest BCUT2D eigenvalue weighted by atomic mass is 32.2. The van der Waals surface area contributed by atoms with Crippen LogP contribution in [0.4, 0.5) is 5.69 Å². The minimum absolute atomic E-state index is 0.120. The quantitative estimate of drug-likeness (QED) is 0.499. The fraction of sp³-hybridized carbons (Fsp3) is 0.176. The van der Waals surface area contributed by atoms with E-state index in [1.54, 1.807) is 30.3 Å². The van der Waals surface area contributed by atoms with E-state index < -0.39 is 0 Å². The summed E-state index contributed by atoms with van der Waals surface area (Å²) >= 11 is 1.36. The maximum Gasteiger partial charge on any atom is 0.321 e. The van der Waals surface area contributed by atoms with Crippen molar-refractivity contribution >= 4 is 29.3 Å². The Kier molecular flexibility index (Phi) is 6.05. The van der Waals surface area contributed by atoms with Crippen molar-refractivity contribution in [3.8, 4) is 11.5 Å². The first-order chi connectivity index (χ1) is 11.1. The lowest BCUT2D eigenvalue weighted by atomic mass is 10.3. The van der Waals surface area contributed by atoms with Crippen LogP contribution in [0, 0.1) is 0 Å². The van der Waals surface area contributed by atoms with E-state index in [2.05, 4.69) is 5.32 Å². The number of ether oxygens (including phenoxy) is 2. The summed E-state index contributed by atoms with van der Waals surface area (Å²) in [4.78, 5) is 23.8. The van der Waals surface area contributed by atoms with Gasteiger partial charge in [0.25, 0.3) is 0 Å². The van der Waals surface area contributed by atoms with E-state index in [4.69, 9.17) is 9.47 Å². The van der Waals surface area contributed by atoms with Gasteiger partial charge in [-0.1, -0.05) is 12.1 Å². The van der Waals surface area contributed by atoms with Gasteiger partial charge in [-0.3, -0.25) is 9.59 Å². The van der Waals surface area contributed by atoms with Gasteiger partial charge < -0.3 is 14.8 Å². The molecule has 5 nitrogen and oxygen atoms in total. The van der Waals surface area contributed by atoms with E-state index in [0.717, 1.165) is 10.6 Å². The molecule has 0 radical (unpaired) electrons. The van der Waals surface area contributed by atoms with Crippen LogP contribution in [0.1, 0.15) is 6.92 Å². The van der Waals surface area contributed by atoms with E-state index in [1.807, 2.05) is 18.2 Å². The number of amides is 1. The van der Waals surface area contributed by atoms with Gasteiger partial charge in [0, 0.05) is 17.5 Å². The van der Waals surface area contributed by atoms with Crippen molar-refractivity contribution in [2.75, 3.05) is 18.2 Å². The van der Waals surface area contributed by atoms with Crippen molar-refractivity contribution in [3.63, 3.8) is 0 Å². The largest absolute Gasteiger partial charge is 0.493 e. The van der Waals surface area contributed by atoms with E-state index in [1.165, 1.54) is 25.8 Å². The van der Waals surface area contributed by atoms with Crippen molar-refractivity contribution in [2.24, 2.45) is 0 Å². The smallest absolute Gasteiger partial charge is 0.321 e. The molecule has 1 N–H and O–H groups in total. The molecule has 0 spiro atoms. The van der Waals surface area contributed by atoms with Crippen molar-refractivity contribution < 1.29 is 19.1 Å². The highest BCUT2D eigenvalue weighted by molar-refractivity contribution is 8.00. The van der Waals surface area contributed by atoms with Crippen LogP contribution in [0.15, 0.2) is 53.4 Å². The van der Waals surface area contributed by atoms with Gasteiger partial charge in [-0.2, -0.15) is 0 Å². The summed E-state index contributed by atoms with van der Waals surface area (Å²) in [6, 6.07) is 14.3. The van der Waals surface area contributed by atoms with E-state index >= 15 is 0 Å². The second kappa shape index (κ2) is 8.24. The summed E-state index contributed by atoms with van der Waals surface area (Å²) < 4.78 is 10.4. The zero-order valence-electron chi connectivity index (χ0n) is 12.9. The second-order valence-corrected chi connectivity index (χ2v) is 5.67. The number of hydrogen-bond donors (Lipinski definition) is 1. The third-order valence-corrected chi connectivity index (χ3v) is 3.81. The standard InChI is InChI=1S/C17H17NO4S/c1-12(19)18-13-7-9-14(10-8-13)23-11-17(20)22-16-6-4-3-5-15(16)21-2/h3-10H,11H2,1-2H3,(H,18,19). The number of benzene rings is 2. The minimum atomic E-state index is -0.356. The normalized spacial score (nSPS) is 10.0. The highest BCUT2D eigenvalue weighted by Gasteiger charge is 2.10. The Morgan fingerprint density at radius 3 is 2.30 bits per heavy atom. The molecule has 0 aliphatic carbocycles. The molecule has 0 heterocycles.